The minimum absolute atomic E-state index is 0.228. The second-order valence-electron chi connectivity index (χ2n) is 5.07. The average Bonchev–Trinajstić information content (AvgIpc) is 2.83. The Morgan fingerprint density at radius 3 is 2.47 bits per heavy atom. The third kappa shape index (κ3) is 1.28. The molecule has 3 atom stereocenters. The Labute approximate surface area is 114 Å². The lowest BCUT2D eigenvalue weighted by molar-refractivity contribution is -0.160. The van der Waals surface area contributed by atoms with Gasteiger partial charge in [0.15, 0.2) is 5.60 Å². The van der Waals surface area contributed by atoms with Gasteiger partial charge in [0.1, 0.15) is 6.10 Å². The number of carbonyl (C=O) groups is 1. The van der Waals surface area contributed by atoms with Gasteiger partial charge in [-0.3, -0.25) is 0 Å². The molecule has 0 bridgehead atoms. The van der Waals surface area contributed by atoms with Crippen molar-refractivity contribution < 1.29 is 14.3 Å². The molecule has 0 radical (unpaired) electrons. The number of carbonyl (C=O) groups excluding carboxylic acids is 1. The number of fused-ring (bicyclic) bond motifs is 1. The van der Waals surface area contributed by atoms with Crippen molar-refractivity contribution in [3.05, 3.63) is 58.3 Å². The molecule has 2 aromatic rings. The maximum atomic E-state index is 12.1. The van der Waals surface area contributed by atoms with Crippen molar-refractivity contribution in [3.8, 4) is 0 Å². The third-order valence-electron chi connectivity index (χ3n) is 3.92. The van der Waals surface area contributed by atoms with Gasteiger partial charge in [-0.15, -0.1) is 11.3 Å². The Morgan fingerprint density at radius 1 is 1.16 bits per heavy atom. The number of hydrogen-bond acceptors (Lipinski definition) is 4. The Kier molecular flexibility index (Phi) is 2.04. The largest absolute Gasteiger partial charge is 0.443 e. The first-order valence-electron chi connectivity index (χ1n) is 6.19. The Morgan fingerprint density at radius 2 is 1.95 bits per heavy atom. The monoisotopic (exact) mass is 272 g/mol. The molecule has 0 amide bonds. The first-order chi connectivity index (χ1) is 9.18. The predicted molar refractivity (Wildman–Crippen MR) is 70.9 cm³/mol. The van der Waals surface area contributed by atoms with Gasteiger partial charge in [-0.05, 0) is 18.4 Å². The van der Waals surface area contributed by atoms with Crippen molar-refractivity contribution in [2.75, 3.05) is 0 Å². The maximum absolute atomic E-state index is 12.1. The number of esters is 1. The highest BCUT2D eigenvalue weighted by Crippen LogP contribution is 2.59. The topological polar surface area (TPSA) is 38.8 Å². The van der Waals surface area contributed by atoms with Crippen LogP contribution in [0.5, 0.6) is 0 Å². The summed E-state index contributed by atoms with van der Waals surface area (Å²) in [4.78, 5) is 13.1. The average molecular weight is 272 g/mol. The van der Waals surface area contributed by atoms with Crippen molar-refractivity contribution in [3.63, 3.8) is 0 Å². The zero-order valence-electron chi connectivity index (χ0n) is 10.3. The fourth-order valence-electron chi connectivity index (χ4n) is 2.85. The highest BCUT2D eigenvalue weighted by Gasteiger charge is 2.77. The first kappa shape index (κ1) is 11.2. The van der Waals surface area contributed by atoms with E-state index < -0.39 is 11.2 Å². The molecular formula is C15H12O3S. The molecule has 3 heterocycles. The SMILES string of the molecule is C[C@@]12O[C@@H]1[C@](c1ccccc1)(c1cccs1)OC2=O. The van der Waals surface area contributed by atoms with Crippen molar-refractivity contribution in [2.24, 2.45) is 0 Å². The molecule has 4 heteroatoms. The Hall–Kier alpha value is -1.65. The number of ether oxygens (including phenoxy) is 2. The molecule has 0 N–H and O–H groups in total. The minimum atomic E-state index is -0.778. The fourth-order valence-corrected chi connectivity index (χ4v) is 3.75. The van der Waals surface area contributed by atoms with Crippen LogP contribution in [0.4, 0.5) is 0 Å². The number of epoxide rings is 1. The van der Waals surface area contributed by atoms with Gasteiger partial charge in [0, 0.05) is 5.56 Å². The number of rotatable bonds is 2. The lowest BCUT2D eigenvalue weighted by atomic mass is 9.86. The number of cyclic esters (lactones) is 1. The summed E-state index contributed by atoms with van der Waals surface area (Å²) in [5.41, 5.74) is -0.585. The molecule has 2 aliphatic rings. The predicted octanol–water partition coefficient (Wildman–Crippen LogP) is 2.71. The number of thiophene rings is 1. The van der Waals surface area contributed by atoms with Crippen LogP contribution in [0.1, 0.15) is 17.4 Å². The van der Waals surface area contributed by atoms with Gasteiger partial charge < -0.3 is 9.47 Å². The standard InChI is InChI=1S/C15H12O3S/c1-14-12(17-14)15(18-13(14)16,11-8-5-9-19-11)10-6-3-2-4-7-10/h2-9,12H,1H3/t12-,14+,15-/m0/s1. The highest BCUT2D eigenvalue weighted by atomic mass is 32.1. The van der Waals surface area contributed by atoms with Crippen LogP contribution in [-0.2, 0) is 19.9 Å². The summed E-state index contributed by atoms with van der Waals surface area (Å²) in [5.74, 6) is -0.269. The molecule has 1 aromatic heterocycles. The van der Waals surface area contributed by atoms with Crippen LogP contribution in [0.25, 0.3) is 0 Å². The quantitative estimate of drug-likeness (QED) is 0.623. The van der Waals surface area contributed by atoms with Crippen LogP contribution < -0.4 is 0 Å². The maximum Gasteiger partial charge on any atom is 0.342 e. The van der Waals surface area contributed by atoms with E-state index in [2.05, 4.69) is 0 Å². The van der Waals surface area contributed by atoms with Crippen LogP contribution in [0.15, 0.2) is 47.8 Å². The normalized spacial score (nSPS) is 35.8. The summed E-state index contributed by atoms with van der Waals surface area (Å²) in [6.45, 7) is 1.80. The molecule has 3 nitrogen and oxygen atoms in total. The number of benzene rings is 1. The van der Waals surface area contributed by atoms with E-state index in [4.69, 9.17) is 9.47 Å². The summed E-state index contributed by atoms with van der Waals surface area (Å²) in [5, 5.41) is 1.99. The zero-order chi connectivity index (χ0) is 13.1. The Balaban J connectivity index is 1.94. The lowest BCUT2D eigenvalue weighted by Crippen LogP contribution is -2.33. The Bertz CT molecular complexity index is 637. The van der Waals surface area contributed by atoms with Crippen molar-refractivity contribution in [1.29, 1.82) is 0 Å². The van der Waals surface area contributed by atoms with Crippen molar-refractivity contribution >= 4 is 17.3 Å². The minimum Gasteiger partial charge on any atom is -0.443 e. The van der Waals surface area contributed by atoms with Crippen LogP contribution in [0, 0.1) is 0 Å². The van der Waals surface area contributed by atoms with Gasteiger partial charge in [-0.25, -0.2) is 4.79 Å². The molecule has 0 aliphatic carbocycles. The van der Waals surface area contributed by atoms with E-state index in [1.54, 1.807) is 18.3 Å². The van der Waals surface area contributed by atoms with E-state index >= 15 is 0 Å². The lowest BCUT2D eigenvalue weighted by Gasteiger charge is -2.28. The molecule has 2 saturated heterocycles. The molecule has 4 rings (SSSR count). The summed E-state index contributed by atoms with van der Waals surface area (Å²) in [7, 11) is 0. The fraction of sp³-hybridized carbons (Fsp3) is 0.267. The molecule has 0 spiro atoms. The number of hydrogen-bond donors (Lipinski definition) is 0. The van der Waals surface area contributed by atoms with Gasteiger partial charge in [0.2, 0.25) is 5.60 Å². The molecule has 96 valence electrons. The third-order valence-corrected chi connectivity index (χ3v) is 4.91. The molecular weight excluding hydrogens is 260 g/mol. The van der Waals surface area contributed by atoms with E-state index in [0.717, 1.165) is 10.4 Å². The van der Waals surface area contributed by atoms with E-state index in [0.29, 0.717) is 0 Å². The van der Waals surface area contributed by atoms with E-state index in [-0.39, 0.29) is 12.1 Å². The zero-order valence-corrected chi connectivity index (χ0v) is 11.1. The molecule has 19 heavy (non-hydrogen) atoms. The molecule has 1 aromatic carbocycles. The second-order valence-corrected chi connectivity index (χ2v) is 6.02. The van der Waals surface area contributed by atoms with Crippen LogP contribution in [0.2, 0.25) is 0 Å². The van der Waals surface area contributed by atoms with E-state index in [9.17, 15) is 4.79 Å². The summed E-state index contributed by atoms with van der Waals surface area (Å²) in [6.07, 6.45) is -0.228. The summed E-state index contributed by atoms with van der Waals surface area (Å²) in [6, 6.07) is 13.8. The van der Waals surface area contributed by atoms with E-state index in [1.165, 1.54) is 0 Å². The van der Waals surface area contributed by atoms with Crippen LogP contribution in [0.3, 0.4) is 0 Å². The van der Waals surface area contributed by atoms with Gasteiger partial charge in [-0.2, -0.15) is 0 Å². The molecule has 0 saturated carbocycles. The first-order valence-corrected chi connectivity index (χ1v) is 7.07. The molecule has 2 aliphatic heterocycles. The summed E-state index contributed by atoms with van der Waals surface area (Å²) < 4.78 is 11.5. The summed E-state index contributed by atoms with van der Waals surface area (Å²) >= 11 is 1.59. The molecule has 0 unspecified atom stereocenters. The van der Waals surface area contributed by atoms with E-state index in [1.807, 2.05) is 47.8 Å². The van der Waals surface area contributed by atoms with Gasteiger partial charge in [0.05, 0.1) is 4.88 Å². The van der Waals surface area contributed by atoms with Crippen LogP contribution >= 0.6 is 11.3 Å². The van der Waals surface area contributed by atoms with Gasteiger partial charge in [0.25, 0.3) is 0 Å². The van der Waals surface area contributed by atoms with Crippen molar-refractivity contribution in [1.82, 2.24) is 0 Å². The smallest absolute Gasteiger partial charge is 0.342 e. The van der Waals surface area contributed by atoms with Crippen molar-refractivity contribution in [2.45, 2.75) is 24.2 Å². The van der Waals surface area contributed by atoms with Crippen LogP contribution in [-0.4, -0.2) is 17.7 Å². The second kappa shape index (κ2) is 3.46. The van der Waals surface area contributed by atoms with Gasteiger partial charge >= 0.3 is 5.97 Å². The molecule has 2 fully saturated rings. The van der Waals surface area contributed by atoms with Gasteiger partial charge in [-0.1, -0.05) is 36.4 Å². The highest BCUT2D eigenvalue weighted by molar-refractivity contribution is 7.10.